The Morgan fingerprint density at radius 1 is 1.29 bits per heavy atom. The van der Waals surface area contributed by atoms with Gasteiger partial charge < -0.3 is 15.0 Å². The zero-order valence-electron chi connectivity index (χ0n) is 13.4. The molecule has 2 rings (SSSR count). The molecule has 0 saturated heterocycles. The van der Waals surface area contributed by atoms with Crippen LogP contribution < -0.4 is 5.32 Å². The fourth-order valence-corrected chi connectivity index (χ4v) is 2.62. The van der Waals surface area contributed by atoms with Crippen molar-refractivity contribution in [2.75, 3.05) is 26.0 Å². The molecular weight excluding hydrogens is 349 g/mol. The molecule has 0 saturated carbocycles. The first kappa shape index (κ1) is 18.2. The maximum atomic E-state index is 11.6. The lowest BCUT2D eigenvalue weighted by Crippen LogP contribution is -2.26. The van der Waals surface area contributed by atoms with E-state index in [-0.39, 0.29) is 12.5 Å². The van der Waals surface area contributed by atoms with Gasteiger partial charge in [-0.25, -0.2) is 0 Å². The summed E-state index contributed by atoms with van der Waals surface area (Å²) in [5, 5.41) is 12.9. The predicted octanol–water partition coefficient (Wildman–Crippen LogP) is 3.77. The molecule has 1 amide bonds. The summed E-state index contributed by atoms with van der Waals surface area (Å²) in [5.41, 5.74) is 1.88. The minimum Gasteiger partial charge on any atom is -0.486 e. The normalized spacial score (nSPS) is 14.3. The van der Waals surface area contributed by atoms with Crippen molar-refractivity contribution < 1.29 is 9.53 Å². The molecule has 1 aromatic carbocycles. The number of amides is 1. The van der Waals surface area contributed by atoms with Crippen molar-refractivity contribution in [2.24, 2.45) is 0 Å². The third-order valence-electron chi connectivity index (χ3n) is 3.46. The first-order chi connectivity index (χ1) is 11.4. The van der Waals surface area contributed by atoms with E-state index in [0.29, 0.717) is 39.9 Å². The fraction of sp³-hybridized carbons (Fsp3) is 0.294. The summed E-state index contributed by atoms with van der Waals surface area (Å²) in [6.45, 7) is -0.0691. The molecule has 1 aliphatic carbocycles. The molecule has 0 heterocycles. The van der Waals surface area contributed by atoms with Gasteiger partial charge in [0.1, 0.15) is 10.8 Å². The molecule has 0 bridgehead atoms. The smallest absolute Gasteiger partial charge is 0.259 e. The molecule has 0 aromatic heterocycles. The molecule has 0 aliphatic heterocycles. The van der Waals surface area contributed by atoms with E-state index in [4.69, 9.17) is 33.2 Å². The zero-order valence-corrected chi connectivity index (χ0v) is 14.9. The van der Waals surface area contributed by atoms with Crippen LogP contribution in [0.1, 0.15) is 18.4 Å². The van der Waals surface area contributed by atoms with Crippen molar-refractivity contribution in [1.82, 2.24) is 4.90 Å². The summed E-state index contributed by atoms with van der Waals surface area (Å²) in [7, 11) is 3.33. The highest BCUT2D eigenvalue weighted by Crippen LogP contribution is 2.35. The van der Waals surface area contributed by atoms with Crippen LogP contribution in [0.3, 0.4) is 0 Å². The monoisotopic (exact) mass is 365 g/mol. The van der Waals surface area contributed by atoms with Crippen molar-refractivity contribution in [3.05, 3.63) is 51.3 Å². The van der Waals surface area contributed by atoms with Crippen LogP contribution in [0.2, 0.25) is 0 Å². The average Bonchev–Trinajstić information content (AvgIpc) is 2.58. The predicted molar refractivity (Wildman–Crippen MR) is 94.4 cm³/mol. The van der Waals surface area contributed by atoms with Crippen LogP contribution in [0.4, 0.5) is 5.69 Å². The number of rotatable bonds is 5. The second-order valence-electron chi connectivity index (χ2n) is 5.41. The molecule has 1 N–H and O–H groups in total. The van der Waals surface area contributed by atoms with Crippen LogP contribution in [-0.2, 0) is 9.53 Å². The number of benzene rings is 1. The first-order valence-corrected chi connectivity index (χ1v) is 8.05. The highest BCUT2D eigenvalue weighted by Gasteiger charge is 2.22. The van der Waals surface area contributed by atoms with Gasteiger partial charge in [-0.3, -0.25) is 4.79 Å². The Morgan fingerprint density at radius 2 is 1.96 bits per heavy atom. The Bertz CT molecular complexity index is 731. The summed E-state index contributed by atoms with van der Waals surface area (Å²) >= 11 is 12.7. The molecule has 126 valence electrons. The van der Waals surface area contributed by atoms with E-state index in [2.05, 4.69) is 11.4 Å². The van der Waals surface area contributed by atoms with Crippen LogP contribution in [0.5, 0.6) is 0 Å². The lowest BCUT2D eigenvalue weighted by molar-refractivity contribution is -0.132. The number of anilines is 1. The van der Waals surface area contributed by atoms with E-state index in [1.165, 1.54) is 4.90 Å². The van der Waals surface area contributed by atoms with Gasteiger partial charge in [0, 0.05) is 31.2 Å². The Balaban J connectivity index is 2.15. The van der Waals surface area contributed by atoms with E-state index in [0.717, 1.165) is 5.69 Å². The van der Waals surface area contributed by atoms with Crippen molar-refractivity contribution in [1.29, 1.82) is 5.26 Å². The van der Waals surface area contributed by atoms with Crippen LogP contribution in [-0.4, -0.2) is 31.5 Å². The van der Waals surface area contributed by atoms with E-state index < -0.39 is 0 Å². The van der Waals surface area contributed by atoms with Gasteiger partial charge in [0.2, 0.25) is 0 Å². The van der Waals surface area contributed by atoms with Crippen LogP contribution in [0, 0.1) is 11.3 Å². The summed E-state index contributed by atoms with van der Waals surface area (Å²) in [6, 6.07) is 9.00. The minimum absolute atomic E-state index is 0.0691. The molecule has 0 atom stereocenters. The van der Waals surface area contributed by atoms with Crippen LogP contribution in [0.25, 0.3) is 0 Å². The number of ether oxygens (including phenoxy) is 1. The molecule has 7 heteroatoms. The fourth-order valence-electron chi connectivity index (χ4n) is 2.03. The van der Waals surface area contributed by atoms with E-state index in [9.17, 15) is 4.79 Å². The lowest BCUT2D eigenvalue weighted by Gasteiger charge is -2.22. The lowest BCUT2D eigenvalue weighted by atomic mass is 10.1. The number of likely N-dealkylation sites (N-methyl/N-ethyl adjacent to an activating group) is 1. The summed E-state index contributed by atoms with van der Waals surface area (Å²) in [6.07, 6.45) is 1.11. The minimum atomic E-state index is -0.144. The zero-order chi connectivity index (χ0) is 17.7. The number of hydrogen-bond donors (Lipinski definition) is 1. The average molecular weight is 366 g/mol. The quantitative estimate of drug-likeness (QED) is 0.862. The van der Waals surface area contributed by atoms with Crippen molar-refractivity contribution in [3.63, 3.8) is 0 Å². The van der Waals surface area contributed by atoms with Crippen molar-refractivity contribution >= 4 is 34.8 Å². The van der Waals surface area contributed by atoms with E-state index in [1.54, 1.807) is 38.4 Å². The van der Waals surface area contributed by atoms with Crippen LogP contribution >= 0.6 is 23.2 Å². The Kier molecular flexibility index (Phi) is 6.13. The van der Waals surface area contributed by atoms with Gasteiger partial charge in [-0.15, -0.1) is 0 Å². The molecule has 0 fully saturated rings. The molecule has 1 aliphatic rings. The Morgan fingerprint density at radius 3 is 2.54 bits per heavy atom. The topological polar surface area (TPSA) is 65.4 Å². The second-order valence-corrected chi connectivity index (χ2v) is 6.24. The molecule has 5 nitrogen and oxygen atoms in total. The van der Waals surface area contributed by atoms with E-state index in [1.807, 2.05) is 0 Å². The van der Waals surface area contributed by atoms with Crippen molar-refractivity contribution in [3.8, 4) is 6.07 Å². The third kappa shape index (κ3) is 4.44. The molecule has 24 heavy (non-hydrogen) atoms. The van der Waals surface area contributed by atoms with Gasteiger partial charge in [0.15, 0.2) is 6.61 Å². The number of halogens is 2. The van der Waals surface area contributed by atoms with Gasteiger partial charge in [-0.2, -0.15) is 5.26 Å². The molecular formula is C17H17Cl2N3O2. The Hall–Kier alpha value is -2.16. The van der Waals surface area contributed by atoms with Gasteiger partial charge >= 0.3 is 0 Å². The largest absolute Gasteiger partial charge is 0.486 e. The number of carbonyl (C=O) groups is 1. The van der Waals surface area contributed by atoms with Gasteiger partial charge in [0.05, 0.1) is 17.3 Å². The maximum absolute atomic E-state index is 11.6. The number of nitrogens with one attached hydrogen (secondary N) is 1. The highest BCUT2D eigenvalue weighted by atomic mass is 35.5. The van der Waals surface area contributed by atoms with Gasteiger partial charge in [-0.1, -0.05) is 23.2 Å². The Labute approximate surface area is 151 Å². The number of nitriles is 1. The third-order valence-corrected chi connectivity index (χ3v) is 4.24. The number of hydrogen-bond acceptors (Lipinski definition) is 4. The SMILES string of the molecule is CN(C)C(=O)COC1=C(Cl)C(Nc2ccc(C#N)cc2)=C(Cl)CC1. The van der Waals surface area contributed by atoms with Crippen LogP contribution in [0.15, 0.2) is 45.8 Å². The molecule has 0 spiro atoms. The molecule has 0 unspecified atom stereocenters. The number of allylic oxidation sites excluding steroid dienone is 3. The van der Waals surface area contributed by atoms with Gasteiger partial charge in [0.25, 0.3) is 5.91 Å². The highest BCUT2D eigenvalue weighted by molar-refractivity contribution is 6.36. The molecule has 1 aromatic rings. The summed E-state index contributed by atoms with van der Waals surface area (Å²) < 4.78 is 5.55. The summed E-state index contributed by atoms with van der Waals surface area (Å²) in [5.74, 6) is 0.390. The van der Waals surface area contributed by atoms with Gasteiger partial charge in [-0.05, 0) is 30.7 Å². The maximum Gasteiger partial charge on any atom is 0.259 e. The first-order valence-electron chi connectivity index (χ1n) is 7.30. The standard InChI is InChI=1S/C17H17Cl2N3O2/c1-22(2)15(23)10-24-14-8-7-13(18)17(16(14)19)21-12-5-3-11(9-20)4-6-12/h3-6,21H,7-8,10H2,1-2H3. The molecule has 0 radical (unpaired) electrons. The summed E-state index contributed by atoms with van der Waals surface area (Å²) in [4.78, 5) is 13.1. The van der Waals surface area contributed by atoms with Crippen molar-refractivity contribution in [2.45, 2.75) is 12.8 Å². The second kappa shape index (κ2) is 8.09. The number of carbonyl (C=O) groups excluding carboxylic acids is 1. The van der Waals surface area contributed by atoms with E-state index >= 15 is 0 Å². The number of nitrogens with zero attached hydrogens (tertiary/aromatic N) is 2.